The Balaban J connectivity index is 3.27. The molecule has 0 unspecified atom stereocenters. The summed E-state index contributed by atoms with van der Waals surface area (Å²) in [4.78, 5) is 4.78. The Bertz CT molecular complexity index is 428. The maximum atomic E-state index is 6.25. The van der Waals surface area contributed by atoms with E-state index < -0.39 is 0 Å². The highest BCUT2D eigenvalue weighted by Crippen LogP contribution is 2.29. The average molecular weight is 249 g/mol. The molecular weight excluding hydrogens is 222 g/mol. The minimum atomic E-state index is -0.00668. The first-order chi connectivity index (χ1) is 8.06. The molecule has 0 aliphatic heterocycles. The van der Waals surface area contributed by atoms with Gasteiger partial charge in [-0.15, -0.1) is 6.58 Å². The molecule has 102 valence electrons. The van der Waals surface area contributed by atoms with Crippen molar-refractivity contribution in [3.8, 4) is 0 Å². The minimum absolute atomic E-state index is 0.00668. The van der Waals surface area contributed by atoms with E-state index in [0.29, 0.717) is 0 Å². The minimum Gasteiger partial charge on any atom is -0.384 e. The fourth-order valence-corrected chi connectivity index (χ4v) is 2.03. The normalized spacial score (nSPS) is 12.8. The lowest BCUT2D eigenvalue weighted by Crippen LogP contribution is -2.19. The number of aromatic nitrogens is 2. The molecule has 3 nitrogen and oxygen atoms in total. The lowest BCUT2D eigenvalue weighted by Gasteiger charge is -2.19. The number of imidazole rings is 1. The van der Waals surface area contributed by atoms with Crippen LogP contribution in [0.5, 0.6) is 0 Å². The highest BCUT2D eigenvalue weighted by atomic mass is 15.1. The molecule has 3 heteroatoms. The van der Waals surface area contributed by atoms with Crippen LogP contribution in [0.3, 0.4) is 0 Å². The van der Waals surface area contributed by atoms with Crippen molar-refractivity contribution < 1.29 is 0 Å². The second-order valence-corrected chi connectivity index (χ2v) is 7.15. The van der Waals surface area contributed by atoms with E-state index >= 15 is 0 Å². The van der Waals surface area contributed by atoms with Crippen LogP contribution in [0.1, 0.15) is 53.1 Å². The van der Waals surface area contributed by atoms with E-state index in [1.807, 2.05) is 6.08 Å². The molecule has 1 heterocycles. The molecular formula is C15H27N3. The molecule has 1 aromatic rings. The Morgan fingerprint density at radius 1 is 1.22 bits per heavy atom. The Hall–Kier alpha value is -1.25. The Kier molecular flexibility index (Phi) is 3.94. The molecule has 1 rings (SSSR count). The number of nitrogen functional groups attached to an aromatic ring is 1. The quantitative estimate of drug-likeness (QED) is 0.833. The van der Waals surface area contributed by atoms with E-state index in [4.69, 9.17) is 10.7 Å². The standard InChI is InChI=1S/C15H27N3/c1-8-9-18-12(16)11(10-14(2,3)4)17-13(18)15(5,6)7/h8H,1,9-10,16H2,2-7H3. The van der Waals surface area contributed by atoms with Gasteiger partial charge in [-0.2, -0.15) is 0 Å². The molecule has 2 N–H and O–H groups in total. The molecule has 0 bridgehead atoms. The predicted octanol–water partition coefficient (Wildman–Crippen LogP) is 3.54. The molecule has 0 amide bonds. The summed E-state index contributed by atoms with van der Waals surface area (Å²) in [5, 5.41) is 0. The first kappa shape index (κ1) is 14.8. The van der Waals surface area contributed by atoms with Crippen LogP contribution in [-0.4, -0.2) is 9.55 Å². The van der Waals surface area contributed by atoms with Crippen LogP contribution in [0.4, 0.5) is 5.82 Å². The third-order valence-electron chi connectivity index (χ3n) is 2.76. The van der Waals surface area contributed by atoms with Gasteiger partial charge in [-0.3, -0.25) is 0 Å². The lowest BCUT2D eigenvalue weighted by molar-refractivity contribution is 0.406. The Morgan fingerprint density at radius 3 is 2.17 bits per heavy atom. The van der Waals surface area contributed by atoms with Gasteiger partial charge in [0.1, 0.15) is 11.6 Å². The van der Waals surface area contributed by atoms with E-state index in [0.717, 1.165) is 30.3 Å². The SMILES string of the molecule is C=CCn1c(C(C)(C)C)nc(CC(C)(C)C)c1N. The van der Waals surface area contributed by atoms with Gasteiger partial charge < -0.3 is 10.3 Å². The first-order valence-electron chi connectivity index (χ1n) is 6.52. The zero-order valence-electron chi connectivity index (χ0n) is 12.7. The second kappa shape index (κ2) is 4.79. The molecule has 0 radical (unpaired) electrons. The number of nitrogens with two attached hydrogens (primary N) is 1. The second-order valence-electron chi connectivity index (χ2n) is 7.15. The van der Waals surface area contributed by atoms with Crippen molar-refractivity contribution in [3.05, 3.63) is 24.2 Å². The van der Waals surface area contributed by atoms with Crippen molar-refractivity contribution in [1.82, 2.24) is 9.55 Å². The summed E-state index contributed by atoms with van der Waals surface area (Å²) in [7, 11) is 0. The topological polar surface area (TPSA) is 43.8 Å². The third kappa shape index (κ3) is 3.37. The number of anilines is 1. The van der Waals surface area contributed by atoms with Crippen molar-refractivity contribution >= 4 is 5.82 Å². The van der Waals surface area contributed by atoms with E-state index in [9.17, 15) is 0 Å². The van der Waals surface area contributed by atoms with Gasteiger partial charge in [0.25, 0.3) is 0 Å². The van der Waals surface area contributed by atoms with Gasteiger partial charge in [0.05, 0.1) is 5.69 Å². The molecule has 0 saturated carbocycles. The zero-order valence-corrected chi connectivity index (χ0v) is 12.7. The van der Waals surface area contributed by atoms with Crippen LogP contribution in [0, 0.1) is 5.41 Å². The molecule has 0 saturated heterocycles. The summed E-state index contributed by atoms with van der Waals surface area (Å²) < 4.78 is 2.08. The lowest BCUT2D eigenvalue weighted by atomic mass is 9.90. The molecule has 18 heavy (non-hydrogen) atoms. The Labute approximate surface area is 111 Å². The predicted molar refractivity (Wildman–Crippen MR) is 78.7 cm³/mol. The van der Waals surface area contributed by atoms with Gasteiger partial charge in [-0.25, -0.2) is 4.98 Å². The summed E-state index contributed by atoms with van der Waals surface area (Å²) >= 11 is 0. The molecule has 0 aliphatic rings. The van der Waals surface area contributed by atoms with Gasteiger partial charge in [0, 0.05) is 12.0 Å². The summed E-state index contributed by atoms with van der Waals surface area (Å²) in [6, 6.07) is 0. The number of rotatable bonds is 3. The van der Waals surface area contributed by atoms with Gasteiger partial charge in [0.2, 0.25) is 0 Å². The third-order valence-corrected chi connectivity index (χ3v) is 2.76. The number of allylic oxidation sites excluding steroid dienone is 1. The molecule has 0 aliphatic carbocycles. The molecule has 0 aromatic carbocycles. The van der Waals surface area contributed by atoms with Crippen LogP contribution < -0.4 is 5.73 Å². The summed E-state index contributed by atoms with van der Waals surface area (Å²) in [5.41, 5.74) is 7.44. The van der Waals surface area contributed by atoms with Crippen LogP contribution in [-0.2, 0) is 18.4 Å². The maximum Gasteiger partial charge on any atom is 0.127 e. The first-order valence-corrected chi connectivity index (χ1v) is 6.52. The zero-order chi connectivity index (χ0) is 14.1. The van der Waals surface area contributed by atoms with Crippen molar-refractivity contribution in [2.45, 2.75) is 59.9 Å². The van der Waals surface area contributed by atoms with Crippen LogP contribution >= 0.6 is 0 Å². The van der Waals surface area contributed by atoms with Crippen molar-refractivity contribution in [3.63, 3.8) is 0 Å². The van der Waals surface area contributed by atoms with Crippen molar-refractivity contribution in [2.75, 3.05) is 5.73 Å². The van der Waals surface area contributed by atoms with Crippen molar-refractivity contribution in [1.29, 1.82) is 0 Å². The number of hydrogen-bond acceptors (Lipinski definition) is 2. The fourth-order valence-electron chi connectivity index (χ4n) is 2.03. The van der Waals surface area contributed by atoms with Crippen LogP contribution in [0.2, 0.25) is 0 Å². The van der Waals surface area contributed by atoms with Gasteiger partial charge in [-0.1, -0.05) is 47.6 Å². The average Bonchev–Trinajstić information content (AvgIpc) is 2.43. The van der Waals surface area contributed by atoms with Gasteiger partial charge in [-0.05, 0) is 11.8 Å². The van der Waals surface area contributed by atoms with E-state index in [1.54, 1.807) is 0 Å². The van der Waals surface area contributed by atoms with Gasteiger partial charge in [0.15, 0.2) is 0 Å². The van der Waals surface area contributed by atoms with Crippen molar-refractivity contribution in [2.24, 2.45) is 5.41 Å². The molecule has 0 fully saturated rings. The monoisotopic (exact) mass is 249 g/mol. The summed E-state index contributed by atoms with van der Waals surface area (Å²) in [5.74, 6) is 1.83. The van der Waals surface area contributed by atoms with E-state index in [2.05, 4.69) is 52.7 Å². The molecule has 0 atom stereocenters. The molecule has 0 spiro atoms. The highest BCUT2D eigenvalue weighted by Gasteiger charge is 2.26. The highest BCUT2D eigenvalue weighted by molar-refractivity contribution is 5.40. The maximum absolute atomic E-state index is 6.25. The summed E-state index contributed by atoms with van der Waals surface area (Å²) in [6.07, 6.45) is 2.76. The number of hydrogen-bond donors (Lipinski definition) is 1. The van der Waals surface area contributed by atoms with E-state index in [1.165, 1.54) is 0 Å². The van der Waals surface area contributed by atoms with E-state index in [-0.39, 0.29) is 10.8 Å². The number of nitrogens with zero attached hydrogens (tertiary/aromatic N) is 2. The Morgan fingerprint density at radius 2 is 1.78 bits per heavy atom. The smallest absolute Gasteiger partial charge is 0.127 e. The fraction of sp³-hybridized carbons (Fsp3) is 0.667. The molecule has 1 aromatic heterocycles. The summed E-state index contributed by atoms with van der Waals surface area (Å²) in [6.45, 7) is 17.6. The largest absolute Gasteiger partial charge is 0.384 e. The van der Waals surface area contributed by atoms with Gasteiger partial charge >= 0.3 is 0 Å². The van der Waals surface area contributed by atoms with Crippen LogP contribution in [0.25, 0.3) is 0 Å². The van der Waals surface area contributed by atoms with Crippen LogP contribution in [0.15, 0.2) is 12.7 Å².